The Bertz CT molecular complexity index is 2180. The highest BCUT2D eigenvalue weighted by molar-refractivity contribution is 8.76. The SMILES string of the molecule is COc1c(O)ccc2c1-c1ccc3ccc(O)cc3c1CSS[C@H]1CC[C@H](C[C@H]1O)[C@@H](O[C@H](NCCCC1(O)CCCC1)c1ccc(NCC(C)=O)c(CO)c1)CC(=O)CC2. The predicted molar refractivity (Wildman–Crippen MR) is 243 cm³/mol. The summed E-state index contributed by atoms with van der Waals surface area (Å²) in [5.74, 6) is 0.878. The molecule has 5 atom stereocenters. The third-order valence-corrected chi connectivity index (χ3v) is 15.6. The van der Waals surface area contributed by atoms with Crippen LogP contribution in [0.15, 0.2) is 60.7 Å². The molecule has 7 N–H and O–H groups in total. The number of hydrogen-bond acceptors (Lipinski definition) is 13. The average molecular weight is 873 g/mol. The number of aliphatic hydroxyl groups is 3. The molecule has 4 aromatic carbocycles. The number of phenolic OH excluding ortho intramolecular Hbond substituents is 2. The van der Waals surface area contributed by atoms with E-state index < -0.39 is 24.0 Å². The summed E-state index contributed by atoms with van der Waals surface area (Å²) in [6.45, 7) is 1.93. The molecule has 2 bridgehead atoms. The van der Waals surface area contributed by atoms with E-state index in [2.05, 4.69) is 10.6 Å². The van der Waals surface area contributed by atoms with E-state index in [9.17, 15) is 35.1 Å². The van der Waals surface area contributed by atoms with Crippen molar-refractivity contribution in [1.82, 2.24) is 5.32 Å². The first kappa shape index (κ1) is 45.2. The van der Waals surface area contributed by atoms with Gasteiger partial charge in [-0.25, -0.2) is 0 Å². The normalized spacial score (nSPS) is 22.4. The number of ether oxygens (including phenoxy) is 2. The zero-order chi connectivity index (χ0) is 43.1. The van der Waals surface area contributed by atoms with E-state index in [1.54, 1.807) is 39.8 Å². The quantitative estimate of drug-likeness (QED) is 0.0387. The van der Waals surface area contributed by atoms with Gasteiger partial charge in [0.1, 0.15) is 23.5 Å². The first-order chi connectivity index (χ1) is 29.4. The van der Waals surface area contributed by atoms with E-state index in [4.69, 9.17) is 9.47 Å². The van der Waals surface area contributed by atoms with Gasteiger partial charge in [0.05, 0.1) is 38.1 Å². The fourth-order valence-corrected chi connectivity index (χ4v) is 12.3. The van der Waals surface area contributed by atoms with Crippen LogP contribution in [0.4, 0.5) is 5.69 Å². The number of benzene rings is 4. The van der Waals surface area contributed by atoms with Gasteiger partial charge >= 0.3 is 0 Å². The van der Waals surface area contributed by atoms with Crippen LogP contribution in [0, 0.1) is 5.92 Å². The van der Waals surface area contributed by atoms with Crippen molar-refractivity contribution in [1.29, 1.82) is 0 Å². The number of anilines is 1. The highest BCUT2D eigenvalue weighted by Crippen LogP contribution is 2.48. The molecular weight excluding hydrogens is 813 g/mol. The number of carbonyl (C=O) groups is 2. The molecule has 2 fully saturated rings. The molecule has 0 amide bonds. The van der Waals surface area contributed by atoms with Crippen LogP contribution >= 0.6 is 21.6 Å². The number of hydrogen-bond donors (Lipinski definition) is 7. The summed E-state index contributed by atoms with van der Waals surface area (Å²) in [6.07, 6.45) is 5.90. The van der Waals surface area contributed by atoms with Crippen molar-refractivity contribution in [3.63, 3.8) is 0 Å². The van der Waals surface area contributed by atoms with E-state index in [1.165, 1.54) is 14.0 Å². The number of aryl methyl sites for hydroxylation is 1. The fraction of sp³-hybridized carbons (Fsp3) is 0.500. The number of Topliss-reactive ketones (excluding diaryl/α,β-unsaturated/α-hetero) is 2. The average Bonchev–Trinajstić information content (AvgIpc) is 3.69. The monoisotopic (exact) mass is 872 g/mol. The number of fused-ring (bicyclic) bond motifs is 9. The van der Waals surface area contributed by atoms with Crippen LogP contribution in [0.1, 0.15) is 106 Å². The van der Waals surface area contributed by atoms with Gasteiger partial charge in [-0.3, -0.25) is 14.9 Å². The van der Waals surface area contributed by atoms with Crippen LogP contribution < -0.4 is 15.4 Å². The van der Waals surface area contributed by atoms with Crippen molar-refractivity contribution in [2.24, 2.45) is 5.92 Å². The molecule has 2 heterocycles. The minimum Gasteiger partial charge on any atom is -0.508 e. The van der Waals surface area contributed by atoms with Crippen molar-refractivity contribution in [3.8, 4) is 28.4 Å². The molecule has 328 valence electrons. The summed E-state index contributed by atoms with van der Waals surface area (Å²) in [6, 6.07) is 18.4. The first-order valence-corrected chi connectivity index (χ1v) is 24.0. The van der Waals surface area contributed by atoms with Crippen LogP contribution in [0.2, 0.25) is 0 Å². The van der Waals surface area contributed by atoms with Gasteiger partial charge in [-0.2, -0.15) is 0 Å². The maximum atomic E-state index is 14.3. The number of phenols is 2. The predicted octanol–water partition coefficient (Wildman–Crippen LogP) is 8.50. The van der Waals surface area contributed by atoms with Crippen molar-refractivity contribution in [2.45, 2.75) is 126 Å². The summed E-state index contributed by atoms with van der Waals surface area (Å²) >= 11 is 0. The number of carbonyl (C=O) groups excluding carboxylic acids is 2. The second-order valence-electron chi connectivity index (χ2n) is 17.1. The fourth-order valence-electron chi connectivity index (χ4n) is 9.44. The molecule has 13 heteroatoms. The summed E-state index contributed by atoms with van der Waals surface area (Å²) in [4.78, 5) is 26.0. The number of methoxy groups -OCH3 is 1. The van der Waals surface area contributed by atoms with E-state index in [1.807, 2.05) is 42.5 Å². The van der Waals surface area contributed by atoms with Gasteiger partial charge in [0.15, 0.2) is 11.5 Å². The lowest BCUT2D eigenvalue weighted by atomic mass is 9.81. The number of ketones is 2. The maximum Gasteiger partial charge on any atom is 0.168 e. The third-order valence-electron chi connectivity index (χ3n) is 12.8. The van der Waals surface area contributed by atoms with Crippen LogP contribution in [-0.4, -0.2) is 80.4 Å². The molecule has 0 spiro atoms. The molecule has 11 nitrogen and oxygen atoms in total. The Morgan fingerprint density at radius 1 is 1.02 bits per heavy atom. The third kappa shape index (κ3) is 11.0. The van der Waals surface area contributed by atoms with Crippen molar-refractivity contribution in [3.05, 3.63) is 82.9 Å². The van der Waals surface area contributed by atoms with Gasteiger partial charge in [-0.1, -0.05) is 64.8 Å². The Morgan fingerprint density at radius 3 is 2.57 bits per heavy atom. The smallest absolute Gasteiger partial charge is 0.168 e. The molecule has 2 aliphatic carbocycles. The highest BCUT2D eigenvalue weighted by Gasteiger charge is 2.37. The molecule has 0 saturated heterocycles. The summed E-state index contributed by atoms with van der Waals surface area (Å²) < 4.78 is 12.9. The molecule has 0 aromatic heterocycles. The largest absolute Gasteiger partial charge is 0.508 e. The van der Waals surface area contributed by atoms with Crippen molar-refractivity contribution in [2.75, 3.05) is 25.5 Å². The Morgan fingerprint density at radius 2 is 1.82 bits per heavy atom. The van der Waals surface area contributed by atoms with E-state index in [-0.39, 0.29) is 60.2 Å². The molecule has 2 saturated carbocycles. The van der Waals surface area contributed by atoms with Crippen LogP contribution in [0.5, 0.6) is 17.2 Å². The van der Waals surface area contributed by atoms with Crippen LogP contribution in [0.3, 0.4) is 0 Å². The van der Waals surface area contributed by atoms with E-state index in [0.29, 0.717) is 54.1 Å². The molecule has 4 aliphatic rings. The van der Waals surface area contributed by atoms with E-state index in [0.717, 1.165) is 78.0 Å². The molecule has 0 radical (unpaired) electrons. The minimum atomic E-state index is -0.660. The highest BCUT2D eigenvalue weighted by atomic mass is 33.1. The maximum absolute atomic E-state index is 14.3. The van der Waals surface area contributed by atoms with Crippen molar-refractivity contribution < 1.29 is 44.6 Å². The van der Waals surface area contributed by atoms with Crippen molar-refractivity contribution >= 4 is 49.6 Å². The zero-order valence-electron chi connectivity index (χ0n) is 35.2. The molecule has 0 unspecified atom stereocenters. The number of aliphatic hydroxyl groups excluding tert-OH is 2. The lowest BCUT2D eigenvalue weighted by molar-refractivity contribution is -0.128. The lowest BCUT2D eigenvalue weighted by Gasteiger charge is -2.38. The van der Waals surface area contributed by atoms with Gasteiger partial charge < -0.3 is 40.3 Å². The Labute approximate surface area is 366 Å². The Kier molecular flexibility index (Phi) is 15.2. The number of rotatable bonds is 13. The molecule has 8 rings (SSSR count). The summed E-state index contributed by atoms with van der Waals surface area (Å²) in [5, 5.41) is 63.3. The molecule has 61 heavy (non-hydrogen) atoms. The zero-order valence-corrected chi connectivity index (χ0v) is 36.8. The van der Waals surface area contributed by atoms with Gasteiger partial charge in [0.2, 0.25) is 0 Å². The Balaban J connectivity index is 1.21. The molecule has 4 aromatic rings. The topological polar surface area (TPSA) is 178 Å². The van der Waals surface area contributed by atoms with Gasteiger partial charge in [0.25, 0.3) is 0 Å². The number of nitrogens with one attached hydrogen (secondary N) is 2. The van der Waals surface area contributed by atoms with Crippen LogP contribution in [-0.2, 0) is 33.1 Å². The Hall–Kier alpha value is -3.82. The van der Waals surface area contributed by atoms with Crippen LogP contribution in [0.25, 0.3) is 21.9 Å². The lowest BCUT2D eigenvalue weighted by Crippen LogP contribution is -2.40. The summed E-state index contributed by atoms with van der Waals surface area (Å²) in [7, 11) is 4.84. The molecule has 2 aliphatic heterocycles. The number of aromatic hydroxyl groups is 2. The van der Waals surface area contributed by atoms with Gasteiger partial charge in [-0.05, 0) is 134 Å². The summed E-state index contributed by atoms with van der Waals surface area (Å²) in [5.41, 5.74) is 4.74. The van der Waals surface area contributed by atoms with E-state index >= 15 is 0 Å². The minimum absolute atomic E-state index is 0.00215. The first-order valence-electron chi connectivity index (χ1n) is 21.7. The molecular formula is C48H60N2O9S2. The van der Waals surface area contributed by atoms with Gasteiger partial charge in [0, 0.05) is 40.7 Å². The second kappa shape index (κ2) is 20.6. The van der Waals surface area contributed by atoms with Gasteiger partial charge in [-0.15, -0.1) is 0 Å². The standard InChI is InChI=1S/C48H60N2O9S2/c1-29(52)26-50-40-15-9-33(22-34(40)27-51)47(49-21-5-20-48(57)18-3-4-19-48)59-43-25-36(54)13-7-31-10-16-41(55)46(58-2)45(31)37-14-8-30-6-12-35(53)24-38(30)39(37)28-60-61-44-17-11-32(43)23-42(44)56/h6,8-10,12,14-16,22,24,32,42-44,47,49-51,53,55-57H,3-5,7,11,13,17-21,23,25-28H2,1-2H3/t32-,42-,43+,44+,47+/m1/s1. The second-order valence-corrected chi connectivity index (χ2v) is 19.7.